The van der Waals surface area contributed by atoms with Crippen molar-refractivity contribution in [2.75, 3.05) is 0 Å². The number of hydrogen-bond acceptors (Lipinski definition) is 3. The van der Waals surface area contributed by atoms with Crippen molar-refractivity contribution in [3.63, 3.8) is 0 Å². The predicted octanol–water partition coefficient (Wildman–Crippen LogP) is 0.148. The van der Waals surface area contributed by atoms with Crippen molar-refractivity contribution in [3.05, 3.63) is 34.2 Å². The number of carboxylic acid groups (broad SMARTS) is 1. The van der Waals surface area contributed by atoms with E-state index < -0.39 is 11.6 Å². The molecule has 0 saturated heterocycles. The highest BCUT2D eigenvalue weighted by Crippen LogP contribution is 2.23. The molecule has 0 aliphatic heterocycles. The number of rotatable bonds is 2. The fourth-order valence-electron chi connectivity index (χ4n) is 1.46. The molecule has 2 rings (SSSR count). The summed E-state index contributed by atoms with van der Waals surface area (Å²) in [5.41, 5.74) is -1.11. The zero-order valence-electron chi connectivity index (χ0n) is 8.44. The summed E-state index contributed by atoms with van der Waals surface area (Å²) in [4.78, 5) is 26.8. The van der Waals surface area contributed by atoms with Crippen LogP contribution in [0.2, 0.25) is 0 Å². The number of aromatic nitrogens is 2. The Labute approximate surface area is 89.5 Å². The minimum absolute atomic E-state index is 0.211. The number of nitrogens with one attached hydrogen (secondary N) is 2. The van der Waals surface area contributed by atoms with Gasteiger partial charge in [0.15, 0.2) is 5.60 Å². The van der Waals surface area contributed by atoms with Crippen LogP contribution in [0.3, 0.4) is 0 Å². The standard InChI is InChI=1S/C10H10N2O4/c1-10(16,8(13)14)5-2-3-6-7(4-5)12-9(15)11-6/h2-4,16H,1H3,(H,13,14)(H2,11,12,15). The summed E-state index contributed by atoms with van der Waals surface area (Å²) in [5.74, 6) is -1.34. The molecule has 2 aromatic rings. The molecule has 0 spiro atoms. The predicted molar refractivity (Wildman–Crippen MR) is 56.1 cm³/mol. The summed E-state index contributed by atoms with van der Waals surface area (Å²) in [5, 5.41) is 18.6. The summed E-state index contributed by atoms with van der Waals surface area (Å²) in [6.45, 7) is 1.18. The zero-order chi connectivity index (χ0) is 11.9. The fraction of sp³-hybridized carbons (Fsp3) is 0.200. The Morgan fingerprint density at radius 1 is 1.31 bits per heavy atom. The van der Waals surface area contributed by atoms with Crippen molar-refractivity contribution in [1.82, 2.24) is 9.97 Å². The van der Waals surface area contributed by atoms with Gasteiger partial charge in [0.25, 0.3) is 0 Å². The van der Waals surface area contributed by atoms with E-state index in [0.29, 0.717) is 11.0 Å². The van der Waals surface area contributed by atoms with Crippen molar-refractivity contribution in [1.29, 1.82) is 0 Å². The number of aliphatic hydroxyl groups is 1. The number of aliphatic carboxylic acids is 1. The number of carbonyl (C=O) groups is 1. The summed E-state index contributed by atoms with van der Waals surface area (Å²) in [7, 11) is 0. The van der Waals surface area contributed by atoms with Gasteiger partial charge in [-0.2, -0.15) is 0 Å². The first-order valence-corrected chi connectivity index (χ1v) is 4.59. The van der Waals surface area contributed by atoms with Gasteiger partial charge in [-0.25, -0.2) is 9.59 Å². The van der Waals surface area contributed by atoms with Crippen LogP contribution in [0.4, 0.5) is 0 Å². The first-order valence-electron chi connectivity index (χ1n) is 4.59. The van der Waals surface area contributed by atoms with Gasteiger partial charge in [0, 0.05) is 0 Å². The molecule has 4 N–H and O–H groups in total. The molecule has 0 saturated carbocycles. The van der Waals surface area contributed by atoms with Crippen LogP contribution in [-0.2, 0) is 10.4 Å². The average molecular weight is 222 g/mol. The molecule has 1 heterocycles. The Kier molecular flexibility index (Phi) is 2.09. The van der Waals surface area contributed by atoms with Crippen molar-refractivity contribution in [2.45, 2.75) is 12.5 Å². The molecule has 84 valence electrons. The highest BCUT2D eigenvalue weighted by molar-refractivity contribution is 5.82. The maximum atomic E-state index is 11.0. The van der Waals surface area contributed by atoms with Crippen LogP contribution in [0.5, 0.6) is 0 Å². The number of H-pyrrole nitrogens is 2. The minimum atomic E-state index is -1.97. The molecule has 0 aliphatic carbocycles. The van der Waals surface area contributed by atoms with Gasteiger partial charge in [-0.05, 0) is 24.6 Å². The van der Waals surface area contributed by atoms with E-state index in [1.807, 2.05) is 0 Å². The van der Waals surface area contributed by atoms with Crippen LogP contribution in [0.15, 0.2) is 23.0 Å². The van der Waals surface area contributed by atoms with Crippen molar-refractivity contribution >= 4 is 17.0 Å². The first kappa shape index (κ1) is 10.4. The van der Waals surface area contributed by atoms with Gasteiger partial charge >= 0.3 is 11.7 Å². The van der Waals surface area contributed by atoms with Crippen LogP contribution < -0.4 is 5.69 Å². The Hall–Kier alpha value is -2.08. The van der Waals surface area contributed by atoms with E-state index in [0.717, 1.165) is 0 Å². The Morgan fingerprint density at radius 2 is 1.94 bits per heavy atom. The van der Waals surface area contributed by atoms with E-state index in [2.05, 4.69) is 9.97 Å². The molecule has 0 fully saturated rings. The molecular weight excluding hydrogens is 212 g/mol. The molecule has 0 amide bonds. The number of carboxylic acids is 1. The third kappa shape index (κ3) is 1.49. The summed E-state index contributed by atoms with van der Waals surface area (Å²) < 4.78 is 0. The van der Waals surface area contributed by atoms with Gasteiger partial charge in [-0.15, -0.1) is 0 Å². The Balaban J connectivity index is 2.63. The van der Waals surface area contributed by atoms with E-state index in [9.17, 15) is 14.7 Å². The number of imidazole rings is 1. The fourth-order valence-corrected chi connectivity index (χ4v) is 1.46. The molecule has 6 nitrogen and oxygen atoms in total. The lowest BCUT2D eigenvalue weighted by Crippen LogP contribution is -2.31. The molecule has 0 radical (unpaired) electrons. The Bertz CT molecular complexity index is 609. The van der Waals surface area contributed by atoms with Crippen LogP contribution in [0.1, 0.15) is 12.5 Å². The second-order valence-electron chi connectivity index (χ2n) is 3.72. The molecule has 6 heteroatoms. The van der Waals surface area contributed by atoms with Crippen LogP contribution in [-0.4, -0.2) is 26.2 Å². The van der Waals surface area contributed by atoms with Crippen molar-refractivity contribution in [3.8, 4) is 0 Å². The zero-order valence-corrected chi connectivity index (χ0v) is 8.44. The normalized spacial score (nSPS) is 14.9. The van der Waals surface area contributed by atoms with Crippen LogP contribution >= 0.6 is 0 Å². The van der Waals surface area contributed by atoms with Crippen molar-refractivity contribution in [2.24, 2.45) is 0 Å². The van der Waals surface area contributed by atoms with Crippen molar-refractivity contribution < 1.29 is 15.0 Å². The van der Waals surface area contributed by atoms with Gasteiger partial charge in [0.2, 0.25) is 0 Å². The second kappa shape index (κ2) is 3.21. The smallest absolute Gasteiger partial charge is 0.340 e. The van der Waals surface area contributed by atoms with E-state index in [1.54, 1.807) is 6.07 Å². The van der Waals surface area contributed by atoms with Crippen LogP contribution in [0, 0.1) is 0 Å². The quantitative estimate of drug-likeness (QED) is 0.580. The lowest BCUT2D eigenvalue weighted by molar-refractivity contribution is -0.157. The van der Waals surface area contributed by atoms with Gasteiger partial charge < -0.3 is 20.2 Å². The van der Waals surface area contributed by atoms with Gasteiger partial charge in [0.1, 0.15) is 0 Å². The summed E-state index contributed by atoms with van der Waals surface area (Å²) >= 11 is 0. The molecule has 0 aliphatic rings. The van der Waals surface area contributed by atoms with Gasteiger partial charge in [0.05, 0.1) is 11.0 Å². The summed E-state index contributed by atoms with van der Waals surface area (Å²) in [6.07, 6.45) is 0. The topological polar surface area (TPSA) is 106 Å². The number of hydrogen-bond donors (Lipinski definition) is 4. The number of aromatic amines is 2. The average Bonchev–Trinajstić information content (AvgIpc) is 2.56. The SMILES string of the molecule is CC(O)(C(=O)O)c1ccc2[nH]c(=O)[nH]c2c1. The van der Waals surface area contributed by atoms with E-state index >= 15 is 0 Å². The Morgan fingerprint density at radius 3 is 2.56 bits per heavy atom. The second-order valence-corrected chi connectivity index (χ2v) is 3.72. The molecule has 1 aromatic carbocycles. The molecule has 1 atom stereocenters. The maximum absolute atomic E-state index is 11.0. The van der Waals surface area contributed by atoms with Gasteiger partial charge in [-0.3, -0.25) is 0 Å². The highest BCUT2D eigenvalue weighted by atomic mass is 16.4. The van der Waals surface area contributed by atoms with E-state index in [4.69, 9.17) is 5.11 Å². The highest BCUT2D eigenvalue weighted by Gasteiger charge is 2.32. The monoisotopic (exact) mass is 222 g/mol. The largest absolute Gasteiger partial charge is 0.479 e. The van der Waals surface area contributed by atoms with Gasteiger partial charge in [-0.1, -0.05) is 6.07 Å². The molecule has 1 aromatic heterocycles. The maximum Gasteiger partial charge on any atom is 0.340 e. The van der Waals surface area contributed by atoms with Crippen LogP contribution in [0.25, 0.3) is 11.0 Å². The third-order valence-electron chi connectivity index (χ3n) is 2.49. The number of benzene rings is 1. The lowest BCUT2D eigenvalue weighted by atomic mass is 9.96. The molecule has 1 unspecified atom stereocenters. The molecular formula is C10H10N2O4. The number of fused-ring (bicyclic) bond motifs is 1. The molecule has 16 heavy (non-hydrogen) atoms. The lowest BCUT2D eigenvalue weighted by Gasteiger charge is -2.17. The van der Waals surface area contributed by atoms with E-state index in [-0.39, 0.29) is 11.3 Å². The first-order chi connectivity index (χ1) is 7.41. The van der Waals surface area contributed by atoms with E-state index in [1.165, 1.54) is 19.1 Å². The molecule has 0 bridgehead atoms. The third-order valence-corrected chi connectivity index (χ3v) is 2.49. The summed E-state index contributed by atoms with van der Waals surface area (Å²) in [6, 6.07) is 4.43. The minimum Gasteiger partial charge on any atom is -0.479 e.